The number of hydrogen-bond acceptors (Lipinski definition) is 4. The van der Waals surface area contributed by atoms with Crippen LogP contribution in [0.2, 0.25) is 5.02 Å². The van der Waals surface area contributed by atoms with Crippen LogP contribution in [0.3, 0.4) is 0 Å². The molecule has 1 aliphatic rings. The van der Waals surface area contributed by atoms with E-state index in [9.17, 15) is 4.79 Å². The lowest BCUT2D eigenvalue weighted by molar-refractivity contribution is -0.120. The van der Waals surface area contributed by atoms with Gasteiger partial charge in [-0.15, -0.1) is 0 Å². The molecule has 0 radical (unpaired) electrons. The summed E-state index contributed by atoms with van der Waals surface area (Å²) in [4.78, 5) is 14.5. The zero-order valence-corrected chi connectivity index (χ0v) is 18.4. The van der Waals surface area contributed by atoms with E-state index in [4.69, 9.17) is 16.3 Å². The molecule has 0 fully saturated rings. The topological polar surface area (TPSA) is 53.9 Å². The Hall–Kier alpha value is -2.53. The molecule has 1 heterocycles. The fourth-order valence-corrected chi connectivity index (χ4v) is 4.09. The Morgan fingerprint density at radius 2 is 2.14 bits per heavy atom. The van der Waals surface area contributed by atoms with Gasteiger partial charge in [-0.2, -0.15) is 5.10 Å². The smallest absolute Gasteiger partial charge is 0.244 e. The first-order valence-corrected chi connectivity index (χ1v) is 10.1. The van der Waals surface area contributed by atoms with Crippen LogP contribution in [-0.4, -0.2) is 31.8 Å². The zero-order valence-electron chi connectivity index (χ0n) is 17.6. The predicted molar refractivity (Wildman–Crippen MR) is 119 cm³/mol. The molecule has 0 aromatic heterocycles. The van der Waals surface area contributed by atoms with Crippen molar-refractivity contribution in [2.45, 2.75) is 45.1 Å². The van der Waals surface area contributed by atoms with Gasteiger partial charge in [0.25, 0.3) is 0 Å². The lowest BCUT2D eigenvalue weighted by Crippen LogP contribution is -2.45. The van der Waals surface area contributed by atoms with Crippen LogP contribution in [0.15, 0.2) is 41.5 Å². The molecule has 154 valence electrons. The summed E-state index contributed by atoms with van der Waals surface area (Å²) in [7, 11) is 3.71. The van der Waals surface area contributed by atoms with Gasteiger partial charge in [0.15, 0.2) is 0 Å². The molecule has 0 bridgehead atoms. The second-order valence-corrected chi connectivity index (χ2v) is 8.64. The van der Waals surface area contributed by atoms with Gasteiger partial charge in [-0.25, -0.2) is 5.43 Å². The lowest BCUT2D eigenvalue weighted by Gasteiger charge is -2.45. The summed E-state index contributed by atoms with van der Waals surface area (Å²) >= 11 is 6.50. The molecular weight excluding hydrogens is 386 g/mol. The zero-order chi connectivity index (χ0) is 21.2. The molecule has 3 rings (SSSR count). The molecule has 29 heavy (non-hydrogen) atoms. The Morgan fingerprint density at radius 1 is 1.38 bits per heavy atom. The standard InChI is InChI=1S/C23H28ClN3O2/c1-15-13-23(2,3)27(4)21-12-20(24)17(11-19(15)21)14-25-26-22(28)10-16-7-6-8-18(9-16)29-5/h6-9,11-12,14-15H,10,13H2,1-5H3,(H,26,28)/b25-14+. The van der Waals surface area contributed by atoms with Gasteiger partial charge in [0, 0.05) is 23.8 Å². The number of amides is 1. The summed E-state index contributed by atoms with van der Waals surface area (Å²) < 4.78 is 5.18. The largest absolute Gasteiger partial charge is 0.497 e. The maximum Gasteiger partial charge on any atom is 0.244 e. The number of rotatable bonds is 5. The van der Waals surface area contributed by atoms with Crippen LogP contribution in [0.4, 0.5) is 5.69 Å². The van der Waals surface area contributed by atoms with E-state index in [-0.39, 0.29) is 17.9 Å². The van der Waals surface area contributed by atoms with Gasteiger partial charge in [0.05, 0.1) is 24.8 Å². The van der Waals surface area contributed by atoms with Crippen LogP contribution in [0.25, 0.3) is 0 Å². The summed E-state index contributed by atoms with van der Waals surface area (Å²) in [6.07, 6.45) is 2.90. The third-order valence-electron chi connectivity index (χ3n) is 5.64. The summed E-state index contributed by atoms with van der Waals surface area (Å²) in [5, 5.41) is 4.73. The van der Waals surface area contributed by atoms with Crippen LogP contribution < -0.4 is 15.1 Å². The minimum Gasteiger partial charge on any atom is -0.497 e. The molecule has 1 N–H and O–H groups in total. The highest BCUT2D eigenvalue weighted by Gasteiger charge is 2.34. The van der Waals surface area contributed by atoms with Crippen molar-refractivity contribution in [1.29, 1.82) is 0 Å². The van der Waals surface area contributed by atoms with E-state index in [1.165, 1.54) is 5.56 Å². The van der Waals surface area contributed by atoms with Crippen molar-refractivity contribution in [3.63, 3.8) is 0 Å². The molecular formula is C23H28ClN3O2. The van der Waals surface area contributed by atoms with Gasteiger partial charge in [-0.3, -0.25) is 4.79 Å². The Kier molecular flexibility index (Phi) is 6.18. The van der Waals surface area contributed by atoms with E-state index in [0.29, 0.717) is 10.9 Å². The summed E-state index contributed by atoms with van der Waals surface area (Å²) in [6.45, 7) is 6.72. The molecule has 1 atom stereocenters. The van der Waals surface area contributed by atoms with Gasteiger partial charge in [-0.1, -0.05) is 30.7 Å². The first-order chi connectivity index (χ1) is 13.7. The van der Waals surface area contributed by atoms with Crippen molar-refractivity contribution in [2.75, 3.05) is 19.1 Å². The highest BCUT2D eigenvalue weighted by atomic mass is 35.5. The number of hydrazone groups is 1. The second-order valence-electron chi connectivity index (χ2n) is 8.23. The van der Waals surface area contributed by atoms with Crippen LogP contribution in [-0.2, 0) is 11.2 Å². The summed E-state index contributed by atoms with van der Waals surface area (Å²) in [5.41, 5.74) is 6.72. The first-order valence-electron chi connectivity index (χ1n) is 9.73. The van der Waals surface area contributed by atoms with E-state index in [0.717, 1.165) is 29.0 Å². The number of carbonyl (C=O) groups excluding carboxylic acids is 1. The van der Waals surface area contributed by atoms with E-state index in [1.54, 1.807) is 13.3 Å². The Morgan fingerprint density at radius 3 is 2.86 bits per heavy atom. The highest BCUT2D eigenvalue weighted by Crippen LogP contribution is 2.44. The van der Waals surface area contributed by atoms with Crippen molar-refractivity contribution >= 4 is 29.4 Å². The Balaban J connectivity index is 1.71. The predicted octanol–water partition coefficient (Wildman–Crippen LogP) is 4.76. The number of fused-ring (bicyclic) bond motifs is 1. The van der Waals surface area contributed by atoms with Crippen LogP contribution >= 0.6 is 11.6 Å². The van der Waals surface area contributed by atoms with Crippen molar-refractivity contribution in [1.82, 2.24) is 5.43 Å². The number of anilines is 1. The molecule has 1 amide bonds. The van der Waals surface area contributed by atoms with Gasteiger partial charge in [0.2, 0.25) is 5.91 Å². The number of halogens is 1. The lowest BCUT2D eigenvalue weighted by atomic mass is 9.80. The molecule has 2 aromatic carbocycles. The Bertz CT molecular complexity index is 940. The van der Waals surface area contributed by atoms with Gasteiger partial charge in [0.1, 0.15) is 5.75 Å². The Labute approximate surface area is 177 Å². The fourth-order valence-electron chi connectivity index (χ4n) is 3.88. The number of nitrogens with one attached hydrogen (secondary N) is 1. The molecule has 1 aliphatic heterocycles. The maximum absolute atomic E-state index is 12.2. The molecule has 0 saturated heterocycles. The average Bonchev–Trinajstić information content (AvgIpc) is 2.67. The van der Waals surface area contributed by atoms with E-state index >= 15 is 0 Å². The van der Waals surface area contributed by atoms with Crippen molar-refractivity contribution in [3.05, 3.63) is 58.1 Å². The first kappa shape index (κ1) is 21.2. The number of methoxy groups -OCH3 is 1. The van der Waals surface area contributed by atoms with Crippen LogP contribution in [0.5, 0.6) is 5.75 Å². The quantitative estimate of drug-likeness (QED) is 0.567. The molecule has 0 saturated carbocycles. The molecule has 0 spiro atoms. The fraction of sp³-hybridized carbons (Fsp3) is 0.391. The summed E-state index contributed by atoms with van der Waals surface area (Å²) in [5.74, 6) is 0.948. The number of carbonyl (C=O) groups is 1. The molecule has 6 heteroatoms. The number of ether oxygens (including phenoxy) is 1. The summed E-state index contributed by atoms with van der Waals surface area (Å²) in [6, 6.07) is 11.5. The van der Waals surface area contributed by atoms with E-state index in [2.05, 4.69) is 49.3 Å². The third-order valence-corrected chi connectivity index (χ3v) is 5.97. The van der Waals surface area contributed by atoms with Crippen molar-refractivity contribution < 1.29 is 9.53 Å². The van der Waals surface area contributed by atoms with Crippen LogP contribution in [0, 0.1) is 0 Å². The second kappa shape index (κ2) is 8.46. The van der Waals surface area contributed by atoms with E-state index < -0.39 is 0 Å². The normalized spacial score (nSPS) is 17.9. The maximum atomic E-state index is 12.2. The van der Waals surface area contributed by atoms with Gasteiger partial charge >= 0.3 is 0 Å². The molecule has 0 aliphatic carbocycles. The van der Waals surface area contributed by atoms with E-state index in [1.807, 2.05) is 30.3 Å². The minimum absolute atomic E-state index is 0.0828. The van der Waals surface area contributed by atoms with Crippen molar-refractivity contribution in [3.8, 4) is 5.75 Å². The third kappa shape index (κ3) is 4.73. The SMILES string of the molecule is COc1cccc(CC(=O)N/N=C/c2cc3c(cc2Cl)N(C)C(C)(C)CC3C)c1. The van der Waals surface area contributed by atoms with Gasteiger partial charge < -0.3 is 9.64 Å². The number of benzene rings is 2. The highest BCUT2D eigenvalue weighted by molar-refractivity contribution is 6.33. The monoisotopic (exact) mass is 413 g/mol. The number of hydrogen-bond donors (Lipinski definition) is 1. The number of nitrogens with zero attached hydrogens (tertiary/aromatic N) is 2. The van der Waals surface area contributed by atoms with Crippen LogP contribution in [0.1, 0.15) is 49.8 Å². The molecule has 2 aromatic rings. The van der Waals surface area contributed by atoms with Crippen molar-refractivity contribution in [2.24, 2.45) is 5.10 Å². The minimum atomic E-state index is -0.196. The molecule has 5 nitrogen and oxygen atoms in total. The van der Waals surface area contributed by atoms with Gasteiger partial charge in [-0.05, 0) is 61.6 Å². The molecule has 1 unspecified atom stereocenters. The average molecular weight is 414 g/mol.